The van der Waals surface area contributed by atoms with Gasteiger partial charge in [-0.15, -0.1) is 0 Å². The van der Waals surface area contributed by atoms with Gasteiger partial charge in [-0.3, -0.25) is 9.59 Å². The SMILES string of the molecule is CCCCOC1(c2ccccc2C)CN(C(=O)[C@@H](Cc2ccc(OC)cc2)NC(=O)CCc2nc[nH]c2C)C1. The number of amides is 2. The fraction of sp³-hybridized carbons (Fsp3) is 0.452. The number of hydrogen-bond acceptors (Lipinski definition) is 5. The van der Waals surface area contributed by atoms with Crippen molar-refractivity contribution in [2.45, 2.75) is 64.5 Å². The second kappa shape index (κ2) is 12.9. The Morgan fingerprint density at radius 3 is 2.51 bits per heavy atom. The number of H-pyrrole nitrogens is 1. The molecule has 3 aromatic rings. The summed E-state index contributed by atoms with van der Waals surface area (Å²) in [5.74, 6) is 0.475. The van der Waals surface area contributed by atoms with Crippen LogP contribution in [0.2, 0.25) is 0 Å². The summed E-state index contributed by atoms with van der Waals surface area (Å²) >= 11 is 0. The lowest BCUT2D eigenvalue weighted by Gasteiger charge is -2.51. The second-order valence-electron chi connectivity index (χ2n) is 10.4. The summed E-state index contributed by atoms with van der Waals surface area (Å²) in [6.07, 6.45) is 4.79. The molecule has 0 unspecified atom stereocenters. The van der Waals surface area contributed by atoms with E-state index >= 15 is 0 Å². The molecule has 1 atom stereocenters. The van der Waals surface area contributed by atoms with Crippen LogP contribution >= 0.6 is 0 Å². The van der Waals surface area contributed by atoms with Crippen LogP contribution in [0.4, 0.5) is 0 Å². The lowest BCUT2D eigenvalue weighted by Crippen LogP contribution is -2.66. The number of nitrogens with one attached hydrogen (secondary N) is 2. The molecule has 2 aromatic carbocycles. The zero-order valence-electron chi connectivity index (χ0n) is 23.5. The lowest BCUT2D eigenvalue weighted by atomic mass is 9.82. The summed E-state index contributed by atoms with van der Waals surface area (Å²) in [5, 5.41) is 3.02. The quantitative estimate of drug-likeness (QED) is 0.321. The van der Waals surface area contributed by atoms with E-state index < -0.39 is 11.6 Å². The maximum absolute atomic E-state index is 13.8. The van der Waals surface area contributed by atoms with Crippen molar-refractivity contribution in [2.24, 2.45) is 0 Å². The number of likely N-dealkylation sites (tertiary alicyclic amines) is 1. The molecule has 1 saturated heterocycles. The van der Waals surface area contributed by atoms with Crippen LogP contribution in [-0.2, 0) is 32.8 Å². The van der Waals surface area contributed by atoms with Crippen molar-refractivity contribution in [3.05, 3.63) is 82.9 Å². The van der Waals surface area contributed by atoms with E-state index in [2.05, 4.69) is 41.3 Å². The molecule has 2 N–H and O–H groups in total. The Morgan fingerprint density at radius 2 is 1.87 bits per heavy atom. The van der Waals surface area contributed by atoms with E-state index in [1.54, 1.807) is 13.4 Å². The van der Waals surface area contributed by atoms with Crippen molar-refractivity contribution >= 4 is 11.8 Å². The van der Waals surface area contributed by atoms with E-state index in [1.807, 2.05) is 48.2 Å². The predicted octanol–water partition coefficient (Wildman–Crippen LogP) is 4.25. The van der Waals surface area contributed by atoms with Crippen LogP contribution in [-0.4, -0.2) is 59.5 Å². The van der Waals surface area contributed by atoms with Crippen molar-refractivity contribution in [2.75, 3.05) is 26.8 Å². The Balaban J connectivity index is 1.49. The van der Waals surface area contributed by atoms with Gasteiger partial charge >= 0.3 is 0 Å². The summed E-state index contributed by atoms with van der Waals surface area (Å²) in [5.41, 5.74) is 4.50. The maximum Gasteiger partial charge on any atom is 0.245 e. The zero-order valence-corrected chi connectivity index (χ0v) is 23.5. The number of rotatable bonds is 13. The molecule has 1 aliphatic heterocycles. The molecule has 1 fully saturated rings. The number of aromatic amines is 1. The Labute approximate surface area is 231 Å². The zero-order chi connectivity index (χ0) is 27.8. The predicted molar refractivity (Wildman–Crippen MR) is 151 cm³/mol. The number of benzene rings is 2. The minimum atomic E-state index is -0.684. The highest BCUT2D eigenvalue weighted by atomic mass is 16.5. The van der Waals surface area contributed by atoms with Crippen LogP contribution in [0.5, 0.6) is 5.75 Å². The first-order valence-corrected chi connectivity index (χ1v) is 13.7. The standard InChI is InChI=1S/C31H40N4O4/c1-5-6-17-39-31(26-10-8-7-9-22(26)2)19-35(20-31)30(37)28(18-24-11-13-25(38-4)14-12-24)34-29(36)16-15-27-23(3)32-21-33-27/h7-14,21,28H,5-6,15-20H2,1-4H3,(H,32,33)(H,34,36)/t28-/m1/s1. The van der Waals surface area contributed by atoms with E-state index in [1.165, 1.54) is 0 Å². The molecule has 8 heteroatoms. The van der Waals surface area contributed by atoms with Gasteiger partial charge in [0.1, 0.15) is 17.4 Å². The molecular weight excluding hydrogens is 492 g/mol. The van der Waals surface area contributed by atoms with Gasteiger partial charge in [-0.2, -0.15) is 0 Å². The lowest BCUT2D eigenvalue weighted by molar-refractivity contribution is -0.175. The fourth-order valence-electron chi connectivity index (χ4n) is 5.12. The van der Waals surface area contributed by atoms with Gasteiger partial charge in [0.25, 0.3) is 0 Å². The number of hydrogen-bond donors (Lipinski definition) is 2. The Hall–Kier alpha value is -3.65. The molecule has 1 aromatic heterocycles. The van der Waals surface area contributed by atoms with Crippen LogP contribution in [0.1, 0.15) is 54.3 Å². The second-order valence-corrected chi connectivity index (χ2v) is 10.4. The van der Waals surface area contributed by atoms with Gasteiger partial charge in [0, 0.05) is 31.6 Å². The average Bonchev–Trinajstić information content (AvgIpc) is 3.33. The molecular formula is C31H40N4O4. The highest BCUT2D eigenvalue weighted by Gasteiger charge is 2.49. The molecule has 0 aliphatic carbocycles. The number of ether oxygens (including phenoxy) is 2. The van der Waals surface area contributed by atoms with E-state index in [4.69, 9.17) is 9.47 Å². The third-order valence-electron chi connectivity index (χ3n) is 7.47. The van der Waals surface area contributed by atoms with Crippen molar-refractivity contribution in [3.63, 3.8) is 0 Å². The minimum absolute atomic E-state index is 0.0987. The number of imidazole rings is 1. The van der Waals surface area contributed by atoms with Gasteiger partial charge in [-0.1, -0.05) is 49.7 Å². The molecule has 4 rings (SSSR count). The van der Waals surface area contributed by atoms with Gasteiger partial charge < -0.3 is 24.7 Å². The van der Waals surface area contributed by atoms with Gasteiger partial charge in [-0.25, -0.2) is 4.98 Å². The van der Waals surface area contributed by atoms with Gasteiger partial charge in [-0.05, 0) is 49.1 Å². The van der Waals surface area contributed by atoms with Gasteiger partial charge in [0.15, 0.2) is 0 Å². The molecule has 2 heterocycles. The largest absolute Gasteiger partial charge is 0.497 e. The molecule has 39 heavy (non-hydrogen) atoms. The first-order valence-electron chi connectivity index (χ1n) is 13.7. The number of methoxy groups -OCH3 is 1. The molecule has 0 saturated carbocycles. The third-order valence-corrected chi connectivity index (χ3v) is 7.47. The van der Waals surface area contributed by atoms with Crippen molar-refractivity contribution in [1.82, 2.24) is 20.2 Å². The number of nitrogens with zero attached hydrogens (tertiary/aromatic N) is 2. The molecule has 0 radical (unpaired) electrons. The highest BCUT2D eigenvalue weighted by molar-refractivity contribution is 5.88. The summed E-state index contributed by atoms with van der Waals surface area (Å²) in [6.45, 7) is 7.72. The molecule has 0 bridgehead atoms. The molecule has 208 valence electrons. The third kappa shape index (κ3) is 6.87. The number of carbonyl (C=O) groups excluding carboxylic acids is 2. The highest BCUT2D eigenvalue weighted by Crippen LogP contribution is 2.38. The topological polar surface area (TPSA) is 96.6 Å². The smallest absolute Gasteiger partial charge is 0.245 e. The Bertz CT molecular complexity index is 1250. The first kappa shape index (κ1) is 28.4. The molecule has 1 aliphatic rings. The molecule has 0 spiro atoms. The summed E-state index contributed by atoms with van der Waals surface area (Å²) in [6, 6.07) is 15.1. The summed E-state index contributed by atoms with van der Waals surface area (Å²) in [7, 11) is 1.62. The first-order chi connectivity index (χ1) is 18.8. The number of carbonyl (C=O) groups is 2. The fourth-order valence-corrected chi connectivity index (χ4v) is 5.12. The van der Waals surface area contributed by atoms with Crippen LogP contribution in [0.15, 0.2) is 54.9 Å². The van der Waals surface area contributed by atoms with Crippen molar-refractivity contribution in [3.8, 4) is 5.75 Å². The van der Waals surface area contributed by atoms with Crippen molar-refractivity contribution in [1.29, 1.82) is 0 Å². The Kier molecular flexibility index (Phi) is 9.41. The summed E-state index contributed by atoms with van der Waals surface area (Å²) < 4.78 is 11.7. The average molecular weight is 533 g/mol. The van der Waals surface area contributed by atoms with E-state index in [0.717, 1.165) is 46.7 Å². The van der Waals surface area contributed by atoms with E-state index in [-0.39, 0.29) is 18.2 Å². The molecule has 2 amide bonds. The normalized spacial score (nSPS) is 14.9. The Morgan fingerprint density at radius 1 is 1.13 bits per heavy atom. The molecule has 8 nitrogen and oxygen atoms in total. The van der Waals surface area contributed by atoms with Crippen LogP contribution in [0.25, 0.3) is 0 Å². The minimum Gasteiger partial charge on any atom is -0.497 e. The van der Waals surface area contributed by atoms with Gasteiger partial charge in [0.2, 0.25) is 11.8 Å². The summed E-state index contributed by atoms with van der Waals surface area (Å²) in [4.78, 5) is 35.9. The van der Waals surface area contributed by atoms with Crippen LogP contribution in [0, 0.1) is 13.8 Å². The maximum atomic E-state index is 13.8. The number of unbranched alkanes of at least 4 members (excludes halogenated alkanes) is 1. The van der Waals surface area contributed by atoms with E-state index in [9.17, 15) is 9.59 Å². The van der Waals surface area contributed by atoms with Crippen LogP contribution < -0.4 is 10.1 Å². The monoisotopic (exact) mass is 532 g/mol. The van der Waals surface area contributed by atoms with Crippen molar-refractivity contribution < 1.29 is 19.1 Å². The number of aromatic nitrogens is 2. The van der Waals surface area contributed by atoms with Gasteiger partial charge in [0.05, 0.1) is 32.2 Å². The van der Waals surface area contributed by atoms with Crippen LogP contribution in [0.3, 0.4) is 0 Å². The number of aryl methyl sites for hydroxylation is 3. The van der Waals surface area contributed by atoms with E-state index in [0.29, 0.717) is 32.5 Å².